The molecule has 1 aromatic carbocycles. The van der Waals surface area contributed by atoms with Gasteiger partial charge in [-0.05, 0) is 17.7 Å². The summed E-state index contributed by atoms with van der Waals surface area (Å²) in [6.07, 6.45) is 7.55. The molecule has 1 aromatic heterocycles. The van der Waals surface area contributed by atoms with E-state index in [0.717, 1.165) is 11.4 Å². The summed E-state index contributed by atoms with van der Waals surface area (Å²) < 4.78 is 1.84. The minimum Gasteiger partial charge on any atom is -1.00 e. The van der Waals surface area contributed by atoms with Gasteiger partial charge in [-0.15, -0.1) is 0 Å². The number of carbonyl (C=O) groups excluding carboxylic acids is 1. The molecule has 3 nitrogen and oxygen atoms in total. The second-order valence-electron chi connectivity index (χ2n) is 4.23. The average Bonchev–Trinajstić information content (AvgIpc) is 2.76. The average molecular weight is 285 g/mol. The Morgan fingerprint density at radius 1 is 1.00 bits per heavy atom. The van der Waals surface area contributed by atoms with Crippen LogP contribution in [0.15, 0.2) is 66.9 Å². The highest BCUT2D eigenvalue weighted by atomic mass is 35.5. The number of nitrogens with zero attached hydrogens (tertiary/aromatic N) is 1. The van der Waals surface area contributed by atoms with E-state index in [9.17, 15) is 4.79 Å². The number of carbonyl (C=O) groups is 1. The topological polar surface area (TPSA) is 33.0 Å². The second-order valence-corrected chi connectivity index (χ2v) is 4.23. The van der Waals surface area contributed by atoms with Crippen LogP contribution in [0.2, 0.25) is 0 Å². The Morgan fingerprint density at radius 3 is 2.55 bits per heavy atom. The van der Waals surface area contributed by atoms with Crippen molar-refractivity contribution in [2.24, 2.45) is 0 Å². The van der Waals surface area contributed by atoms with Crippen molar-refractivity contribution in [3.8, 4) is 0 Å². The maximum absolute atomic E-state index is 11.8. The Bertz CT molecular complexity index is 678. The number of anilines is 1. The van der Waals surface area contributed by atoms with Crippen LogP contribution in [0.3, 0.4) is 0 Å². The predicted molar refractivity (Wildman–Crippen MR) is 75.0 cm³/mol. The summed E-state index contributed by atoms with van der Waals surface area (Å²) >= 11 is 0. The number of rotatable bonds is 2. The van der Waals surface area contributed by atoms with Gasteiger partial charge in [0.05, 0.1) is 6.20 Å². The standard InChI is InChI=1S/C16H12N2O.ClH/c19-16-14(18-12-5-4-11-15(18)17-16)10-6-9-13-7-2-1-3-8-13;/h1-12H;1H. The minimum absolute atomic E-state index is 0. The molecule has 0 spiro atoms. The van der Waals surface area contributed by atoms with Crippen LogP contribution in [0.5, 0.6) is 0 Å². The molecule has 0 fully saturated rings. The lowest BCUT2D eigenvalue weighted by Gasteiger charge is -1.92. The van der Waals surface area contributed by atoms with Crippen LogP contribution in [-0.2, 0) is 4.79 Å². The van der Waals surface area contributed by atoms with Gasteiger partial charge < -0.3 is 12.4 Å². The number of nitrogens with one attached hydrogen (secondary N) is 1. The third kappa shape index (κ3) is 2.78. The molecule has 1 N–H and O–H groups in total. The highest BCUT2D eigenvalue weighted by Crippen LogP contribution is 2.13. The number of hydrogen-bond donors (Lipinski definition) is 1. The lowest BCUT2D eigenvalue weighted by molar-refractivity contribution is -0.556. The van der Waals surface area contributed by atoms with Gasteiger partial charge >= 0.3 is 5.91 Å². The van der Waals surface area contributed by atoms with E-state index in [2.05, 4.69) is 5.32 Å². The second kappa shape index (κ2) is 6.17. The first-order valence-corrected chi connectivity index (χ1v) is 6.10. The zero-order valence-electron chi connectivity index (χ0n) is 10.7. The summed E-state index contributed by atoms with van der Waals surface area (Å²) in [6.45, 7) is 0. The lowest BCUT2D eigenvalue weighted by Crippen LogP contribution is -3.00. The van der Waals surface area contributed by atoms with E-state index in [1.807, 2.05) is 77.5 Å². The summed E-state index contributed by atoms with van der Waals surface area (Å²) in [4.78, 5) is 11.8. The molecule has 0 bridgehead atoms. The number of benzene rings is 1. The molecule has 4 heteroatoms. The molecule has 1 aliphatic rings. The van der Waals surface area contributed by atoms with E-state index < -0.39 is 0 Å². The van der Waals surface area contributed by atoms with Crippen LogP contribution in [-0.4, -0.2) is 5.91 Å². The van der Waals surface area contributed by atoms with Crippen molar-refractivity contribution < 1.29 is 21.8 Å². The smallest absolute Gasteiger partial charge is 0.379 e. The summed E-state index contributed by atoms with van der Waals surface area (Å²) in [7, 11) is 0. The van der Waals surface area contributed by atoms with Crippen molar-refractivity contribution in [2.45, 2.75) is 0 Å². The monoisotopic (exact) mass is 284 g/mol. The number of hydrogen-bond acceptors (Lipinski definition) is 1. The fourth-order valence-corrected chi connectivity index (χ4v) is 2.02. The van der Waals surface area contributed by atoms with Gasteiger partial charge in [-0.1, -0.05) is 48.6 Å². The number of amides is 1. The zero-order valence-corrected chi connectivity index (χ0v) is 11.4. The summed E-state index contributed by atoms with van der Waals surface area (Å²) in [5.41, 5.74) is 1.74. The van der Waals surface area contributed by atoms with Crippen LogP contribution < -0.4 is 22.3 Å². The van der Waals surface area contributed by atoms with Crippen molar-refractivity contribution in [1.29, 1.82) is 0 Å². The van der Waals surface area contributed by atoms with Gasteiger partial charge in [0.1, 0.15) is 0 Å². The fourth-order valence-electron chi connectivity index (χ4n) is 2.02. The van der Waals surface area contributed by atoms with Crippen molar-refractivity contribution >= 4 is 23.5 Å². The summed E-state index contributed by atoms with van der Waals surface area (Å²) in [5, 5.41) is 2.82. The molecule has 1 aliphatic heterocycles. The third-order valence-corrected chi connectivity index (χ3v) is 2.94. The highest BCUT2D eigenvalue weighted by Gasteiger charge is 2.31. The molecule has 2 aromatic rings. The van der Waals surface area contributed by atoms with E-state index in [0.29, 0.717) is 5.70 Å². The van der Waals surface area contributed by atoms with E-state index in [4.69, 9.17) is 0 Å². The Morgan fingerprint density at radius 2 is 1.75 bits per heavy atom. The van der Waals surface area contributed by atoms with Crippen LogP contribution in [0.4, 0.5) is 5.82 Å². The zero-order chi connectivity index (χ0) is 13.1. The molecule has 100 valence electrons. The van der Waals surface area contributed by atoms with E-state index in [1.54, 1.807) is 0 Å². The number of fused-ring (bicyclic) bond motifs is 1. The summed E-state index contributed by atoms with van der Waals surface area (Å²) in [6, 6.07) is 15.7. The van der Waals surface area contributed by atoms with Gasteiger partial charge in [0.15, 0.2) is 0 Å². The van der Waals surface area contributed by atoms with Gasteiger partial charge in [-0.3, -0.25) is 0 Å². The van der Waals surface area contributed by atoms with E-state index in [-0.39, 0.29) is 18.3 Å². The summed E-state index contributed by atoms with van der Waals surface area (Å²) in [5.74, 6) is 0.718. The van der Waals surface area contributed by atoms with Gasteiger partial charge in [0, 0.05) is 6.07 Å². The first-order valence-electron chi connectivity index (χ1n) is 6.10. The van der Waals surface area contributed by atoms with Crippen molar-refractivity contribution in [2.75, 3.05) is 5.32 Å². The number of pyridine rings is 1. The Hall–Kier alpha value is -2.39. The van der Waals surface area contributed by atoms with Gasteiger partial charge in [-0.25, -0.2) is 10.1 Å². The van der Waals surface area contributed by atoms with Gasteiger partial charge in [0.2, 0.25) is 5.70 Å². The predicted octanol–water partition coefficient (Wildman–Crippen LogP) is -0.516. The number of halogens is 1. The van der Waals surface area contributed by atoms with E-state index in [1.165, 1.54) is 0 Å². The minimum atomic E-state index is -0.0797. The molecule has 20 heavy (non-hydrogen) atoms. The number of allylic oxidation sites excluding steroid dienone is 2. The maximum Gasteiger partial charge on any atom is 0.379 e. The SMILES string of the molecule is O=C1Nc2cccc[n+]2C1=CC=Cc1ccccc1.[Cl-]. The normalized spacial score (nSPS) is 15.0. The van der Waals surface area contributed by atoms with Crippen LogP contribution in [0.1, 0.15) is 5.56 Å². The fraction of sp³-hybridized carbons (Fsp3) is 0. The van der Waals surface area contributed by atoms with Crippen LogP contribution >= 0.6 is 0 Å². The molecule has 0 saturated heterocycles. The first-order chi connectivity index (χ1) is 9.34. The molecular weight excluding hydrogens is 272 g/mol. The quantitative estimate of drug-likeness (QED) is 0.585. The van der Waals surface area contributed by atoms with Gasteiger partial charge in [0.25, 0.3) is 5.82 Å². The van der Waals surface area contributed by atoms with Crippen molar-refractivity contribution in [3.05, 3.63) is 72.4 Å². The number of aromatic nitrogens is 1. The lowest BCUT2D eigenvalue weighted by atomic mass is 10.2. The molecule has 0 radical (unpaired) electrons. The Balaban J connectivity index is 0.00000147. The van der Waals surface area contributed by atoms with Crippen LogP contribution in [0.25, 0.3) is 11.8 Å². The third-order valence-electron chi connectivity index (χ3n) is 2.94. The van der Waals surface area contributed by atoms with Crippen molar-refractivity contribution in [1.82, 2.24) is 0 Å². The molecule has 2 heterocycles. The molecular formula is C16H13ClN2O. The largest absolute Gasteiger partial charge is 1.00 e. The van der Waals surface area contributed by atoms with Crippen LogP contribution in [0, 0.1) is 0 Å². The van der Waals surface area contributed by atoms with Gasteiger partial charge in [-0.2, -0.15) is 4.57 Å². The molecule has 1 amide bonds. The Kier molecular flexibility index (Phi) is 4.33. The maximum atomic E-state index is 11.8. The van der Waals surface area contributed by atoms with Crippen molar-refractivity contribution in [3.63, 3.8) is 0 Å². The molecule has 0 atom stereocenters. The molecule has 0 saturated carbocycles. The highest BCUT2D eigenvalue weighted by molar-refractivity contribution is 6.19. The van der Waals surface area contributed by atoms with E-state index >= 15 is 0 Å². The molecule has 0 unspecified atom stereocenters. The molecule has 3 rings (SSSR count). The first kappa shape index (κ1) is 14.0. The molecule has 0 aliphatic carbocycles. The Labute approximate surface area is 123 Å².